The number of rotatable bonds is 3. The minimum absolute atomic E-state index is 0.886. The second kappa shape index (κ2) is 6.58. The van der Waals surface area contributed by atoms with Crippen LogP contribution >= 0.6 is 0 Å². The molecular formula is C25H18N2. The van der Waals surface area contributed by atoms with Crippen LogP contribution in [-0.2, 0) is 0 Å². The zero-order valence-corrected chi connectivity index (χ0v) is 14.8. The van der Waals surface area contributed by atoms with Gasteiger partial charge in [-0.25, -0.2) is 4.98 Å². The maximum atomic E-state index is 4.98. The highest BCUT2D eigenvalue weighted by Crippen LogP contribution is 2.36. The van der Waals surface area contributed by atoms with Gasteiger partial charge in [0.05, 0.1) is 11.4 Å². The van der Waals surface area contributed by atoms with E-state index >= 15 is 0 Å². The lowest BCUT2D eigenvalue weighted by Gasteiger charge is -2.07. The standard InChI is InChI=1S/C25H18N2/c1-3-11-19(12-4-1)23-24(27-25(26-23)20-13-5-2-6-14-20)22-17-9-15-18-10-7-8-16-21(18)22/h1-17H,(H,26,27). The van der Waals surface area contributed by atoms with Gasteiger partial charge in [0.2, 0.25) is 0 Å². The Kier molecular flexibility index (Phi) is 3.80. The minimum atomic E-state index is 0.886. The van der Waals surface area contributed by atoms with E-state index < -0.39 is 0 Å². The molecule has 0 aliphatic rings. The lowest BCUT2D eigenvalue weighted by atomic mass is 9.99. The number of hydrogen-bond acceptors (Lipinski definition) is 1. The topological polar surface area (TPSA) is 28.7 Å². The van der Waals surface area contributed by atoms with Gasteiger partial charge in [0, 0.05) is 16.7 Å². The summed E-state index contributed by atoms with van der Waals surface area (Å²) in [5, 5.41) is 2.45. The molecule has 2 heteroatoms. The van der Waals surface area contributed by atoms with E-state index in [1.54, 1.807) is 0 Å². The highest BCUT2D eigenvalue weighted by Gasteiger charge is 2.16. The van der Waals surface area contributed by atoms with Gasteiger partial charge in [0.15, 0.2) is 0 Å². The molecule has 0 unspecified atom stereocenters. The maximum Gasteiger partial charge on any atom is 0.138 e. The van der Waals surface area contributed by atoms with Gasteiger partial charge < -0.3 is 4.98 Å². The van der Waals surface area contributed by atoms with Crippen molar-refractivity contribution in [1.29, 1.82) is 0 Å². The molecule has 0 bridgehead atoms. The summed E-state index contributed by atoms with van der Waals surface area (Å²) >= 11 is 0. The van der Waals surface area contributed by atoms with Crippen molar-refractivity contribution in [2.75, 3.05) is 0 Å². The van der Waals surface area contributed by atoms with Crippen LogP contribution in [0.2, 0.25) is 0 Å². The van der Waals surface area contributed by atoms with E-state index in [9.17, 15) is 0 Å². The highest BCUT2D eigenvalue weighted by atomic mass is 14.9. The van der Waals surface area contributed by atoms with Crippen molar-refractivity contribution in [3.05, 3.63) is 103 Å². The second-order valence-electron chi connectivity index (χ2n) is 6.57. The Hall–Kier alpha value is -3.65. The highest BCUT2D eigenvalue weighted by molar-refractivity contribution is 5.99. The number of H-pyrrole nitrogens is 1. The number of imidazole rings is 1. The minimum Gasteiger partial charge on any atom is -0.337 e. The average molecular weight is 346 g/mol. The summed E-state index contributed by atoms with van der Waals surface area (Å²) in [6.07, 6.45) is 0. The average Bonchev–Trinajstić information content (AvgIpc) is 3.20. The molecular weight excluding hydrogens is 328 g/mol. The molecule has 5 rings (SSSR count). The first-order valence-corrected chi connectivity index (χ1v) is 9.09. The van der Waals surface area contributed by atoms with Gasteiger partial charge in [-0.3, -0.25) is 0 Å². The summed E-state index contributed by atoms with van der Waals surface area (Å²) in [7, 11) is 0. The Bertz CT molecular complexity index is 1200. The van der Waals surface area contributed by atoms with Crippen molar-refractivity contribution in [1.82, 2.24) is 9.97 Å². The molecule has 2 nitrogen and oxygen atoms in total. The lowest BCUT2D eigenvalue weighted by Crippen LogP contribution is -1.85. The van der Waals surface area contributed by atoms with Crippen LogP contribution in [0.25, 0.3) is 44.7 Å². The summed E-state index contributed by atoms with van der Waals surface area (Å²) < 4.78 is 0. The lowest BCUT2D eigenvalue weighted by molar-refractivity contribution is 1.31. The van der Waals surface area contributed by atoms with E-state index in [-0.39, 0.29) is 0 Å². The number of benzene rings is 4. The van der Waals surface area contributed by atoms with E-state index in [4.69, 9.17) is 4.98 Å². The fourth-order valence-corrected chi connectivity index (χ4v) is 3.55. The molecule has 0 saturated carbocycles. The van der Waals surface area contributed by atoms with Crippen LogP contribution in [0.3, 0.4) is 0 Å². The van der Waals surface area contributed by atoms with E-state index in [1.165, 1.54) is 16.3 Å². The molecule has 0 saturated heterocycles. The monoisotopic (exact) mass is 346 g/mol. The Morgan fingerprint density at radius 2 is 1.19 bits per heavy atom. The first kappa shape index (κ1) is 15.6. The number of nitrogens with zero attached hydrogens (tertiary/aromatic N) is 1. The smallest absolute Gasteiger partial charge is 0.138 e. The fourth-order valence-electron chi connectivity index (χ4n) is 3.55. The summed E-state index contributed by atoms with van der Waals surface area (Å²) in [6.45, 7) is 0. The zero-order valence-electron chi connectivity index (χ0n) is 14.8. The number of aromatic nitrogens is 2. The Morgan fingerprint density at radius 1 is 0.556 bits per heavy atom. The summed E-state index contributed by atoms with van der Waals surface area (Å²) in [5.74, 6) is 0.886. The van der Waals surface area contributed by atoms with Gasteiger partial charge in [-0.15, -0.1) is 0 Å². The normalized spacial score (nSPS) is 11.0. The van der Waals surface area contributed by atoms with Crippen LogP contribution < -0.4 is 0 Å². The van der Waals surface area contributed by atoms with Gasteiger partial charge >= 0.3 is 0 Å². The van der Waals surface area contributed by atoms with Crippen molar-refractivity contribution in [3.8, 4) is 33.9 Å². The van der Waals surface area contributed by atoms with Crippen molar-refractivity contribution < 1.29 is 0 Å². The van der Waals surface area contributed by atoms with E-state index in [1.807, 2.05) is 24.3 Å². The molecule has 27 heavy (non-hydrogen) atoms. The number of aromatic amines is 1. The molecule has 0 amide bonds. The van der Waals surface area contributed by atoms with E-state index in [0.717, 1.165) is 28.3 Å². The van der Waals surface area contributed by atoms with Gasteiger partial charge in [-0.1, -0.05) is 103 Å². The predicted octanol–water partition coefficient (Wildman–Crippen LogP) is 6.56. The maximum absolute atomic E-state index is 4.98. The molecule has 0 spiro atoms. The number of nitrogens with one attached hydrogen (secondary N) is 1. The number of fused-ring (bicyclic) bond motifs is 1. The zero-order chi connectivity index (χ0) is 18.1. The summed E-state index contributed by atoms with van der Waals surface area (Å²) in [5.41, 5.74) is 5.39. The summed E-state index contributed by atoms with van der Waals surface area (Å²) in [6, 6.07) is 35.5. The molecule has 5 aromatic rings. The Labute approximate surface area is 158 Å². The van der Waals surface area contributed by atoms with Crippen LogP contribution in [0.15, 0.2) is 103 Å². The molecule has 1 aromatic heterocycles. The van der Waals surface area contributed by atoms with Crippen molar-refractivity contribution in [3.63, 3.8) is 0 Å². The third-order valence-electron chi connectivity index (χ3n) is 4.86. The van der Waals surface area contributed by atoms with Gasteiger partial charge in [-0.05, 0) is 10.8 Å². The van der Waals surface area contributed by atoms with Crippen LogP contribution in [0.5, 0.6) is 0 Å². The molecule has 4 aromatic carbocycles. The first-order valence-electron chi connectivity index (χ1n) is 9.09. The quantitative estimate of drug-likeness (QED) is 0.393. The van der Waals surface area contributed by atoms with Gasteiger partial charge in [0.1, 0.15) is 5.82 Å². The van der Waals surface area contributed by atoms with Crippen molar-refractivity contribution >= 4 is 10.8 Å². The van der Waals surface area contributed by atoms with Gasteiger partial charge in [0.25, 0.3) is 0 Å². The molecule has 1 N–H and O–H groups in total. The largest absolute Gasteiger partial charge is 0.337 e. The molecule has 0 atom stereocenters. The molecule has 1 heterocycles. The molecule has 0 radical (unpaired) electrons. The van der Waals surface area contributed by atoms with Crippen LogP contribution in [0.1, 0.15) is 0 Å². The van der Waals surface area contributed by atoms with Crippen LogP contribution in [0.4, 0.5) is 0 Å². The van der Waals surface area contributed by atoms with Crippen LogP contribution in [0, 0.1) is 0 Å². The second-order valence-corrected chi connectivity index (χ2v) is 6.57. The Balaban J connectivity index is 1.79. The third-order valence-corrected chi connectivity index (χ3v) is 4.86. The molecule has 128 valence electrons. The van der Waals surface area contributed by atoms with E-state index in [2.05, 4.69) is 83.8 Å². The summed E-state index contributed by atoms with van der Waals surface area (Å²) in [4.78, 5) is 8.57. The SMILES string of the molecule is c1ccc(-c2nc(-c3ccccc3)c(-c3cccc4ccccc34)[nH]2)cc1. The third kappa shape index (κ3) is 2.81. The molecule has 0 aliphatic carbocycles. The first-order chi connectivity index (χ1) is 13.4. The van der Waals surface area contributed by atoms with Crippen LogP contribution in [-0.4, -0.2) is 9.97 Å². The van der Waals surface area contributed by atoms with Gasteiger partial charge in [-0.2, -0.15) is 0 Å². The van der Waals surface area contributed by atoms with E-state index in [0.29, 0.717) is 0 Å². The number of hydrogen-bond donors (Lipinski definition) is 1. The molecule has 0 aliphatic heterocycles. The predicted molar refractivity (Wildman–Crippen MR) is 112 cm³/mol. The van der Waals surface area contributed by atoms with Crippen molar-refractivity contribution in [2.45, 2.75) is 0 Å². The fraction of sp³-hybridized carbons (Fsp3) is 0. The van der Waals surface area contributed by atoms with Crippen molar-refractivity contribution in [2.24, 2.45) is 0 Å². The molecule has 0 fully saturated rings. The Morgan fingerprint density at radius 3 is 1.96 bits per heavy atom.